The van der Waals surface area contributed by atoms with Crippen LogP contribution < -0.4 is 9.80 Å². The van der Waals surface area contributed by atoms with Gasteiger partial charge in [0.2, 0.25) is 11.8 Å². The first-order chi connectivity index (χ1) is 47.4. The number of unbranched alkanes of at least 4 members (excludes halogenated alkanes) is 2. The Kier molecular flexibility index (Phi) is 27.4. The van der Waals surface area contributed by atoms with Crippen LogP contribution in [0, 0.1) is 5.82 Å². The fourth-order valence-electron chi connectivity index (χ4n) is 15.1. The molecule has 5 amide bonds. The SMILES string of the molecule is CN(CCN1CCC(N(C(=O)O)c2ccccc2-c2ccccc2)CC1)C(=O)CCCCCN(C)c1ccc2c(c1)CCN(CCCN(C)C(=O)CO[C@H]1Cc3ccccc3C13CCN(CC[C@@]1(c4ccc(F)cc4)CN(C(=O)c4cc(C(F)(F)F)cc(C(F)(F)F)c4)CO1)CC3)C2=O.Cl.Cl.Cl. The normalized spacial score (nSPS) is 18.3. The predicted molar refractivity (Wildman–Crippen MR) is 385 cm³/mol. The number of benzene rings is 6. The quantitative estimate of drug-likeness (QED) is 0.0431. The van der Waals surface area contributed by atoms with Crippen molar-refractivity contribution in [2.75, 3.05) is 123 Å². The molecule has 5 aliphatic rings. The second-order valence-electron chi connectivity index (χ2n) is 27.2. The molecule has 6 aromatic carbocycles. The highest BCUT2D eigenvalue weighted by Crippen LogP contribution is 2.49. The first-order valence-corrected chi connectivity index (χ1v) is 34.3. The van der Waals surface area contributed by atoms with Crippen molar-refractivity contribution in [3.8, 4) is 11.1 Å². The molecule has 3 fully saturated rings. The fourth-order valence-corrected chi connectivity index (χ4v) is 15.1. The van der Waals surface area contributed by atoms with Gasteiger partial charge in [-0.15, -0.1) is 37.2 Å². The summed E-state index contributed by atoms with van der Waals surface area (Å²) in [5.41, 5.74) is 2.40. The van der Waals surface area contributed by atoms with E-state index < -0.39 is 64.6 Å². The van der Waals surface area contributed by atoms with Crippen LogP contribution in [0.5, 0.6) is 0 Å². The van der Waals surface area contributed by atoms with Crippen LogP contribution >= 0.6 is 37.2 Å². The Morgan fingerprint density at radius 1 is 0.647 bits per heavy atom. The lowest BCUT2D eigenvalue weighted by Gasteiger charge is -2.44. The average molecular weight is 1480 g/mol. The number of likely N-dealkylation sites (N-methyl/N-ethyl adjacent to an activating group) is 2. The maximum atomic E-state index is 14.3. The lowest BCUT2D eigenvalue weighted by molar-refractivity contribution is -0.143. The van der Waals surface area contributed by atoms with Gasteiger partial charge in [0.25, 0.3) is 11.8 Å². The minimum atomic E-state index is -5.15. The highest BCUT2D eigenvalue weighted by molar-refractivity contribution is 5.97. The van der Waals surface area contributed by atoms with Gasteiger partial charge >= 0.3 is 18.4 Å². The minimum absolute atomic E-state index is 0. The molecule has 4 aliphatic heterocycles. The van der Waals surface area contributed by atoms with E-state index in [0.717, 1.165) is 78.3 Å². The van der Waals surface area contributed by atoms with Gasteiger partial charge in [0, 0.05) is 120 Å². The molecule has 552 valence electrons. The number of nitrogens with zero attached hydrogens (tertiary/aromatic N) is 8. The van der Waals surface area contributed by atoms with Gasteiger partial charge in [-0.25, -0.2) is 9.18 Å². The van der Waals surface area contributed by atoms with Crippen LogP contribution in [0.15, 0.2) is 140 Å². The van der Waals surface area contributed by atoms with Crippen molar-refractivity contribution < 1.29 is 69.3 Å². The molecule has 4 heterocycles. The molecular weight excluding hydrogens is 1390 g/mol. The Labute approximate surface area is 610 Å². The van der Waals surface area contributed by atoms with Crippen molar-refractivity contribution in [3.63, 3.8) is 0 Å². The number of hydrogen-bond donors (Lipinski definition) is 1. The number of carbonyl (C=O) groups excluding carboxylic acids is 4. The second kappa shape index (κ2) is 34.8. The molecule has 2 atom stereocenters. The van der Waals surface area contributed by atoms with E-state index in [-0.39, 0.29) is 92.7 Å². The molecule has 0 saturated carbocycles. The number of piperidine rings is 2. The Morgan fingerprint density at radius 3 is 1.98 bits per heavy atom. The molecule has 1 aliphatic carbocycles. The molecule has 0 aromatic heterocycles. The van der Waals surface area contributed by atoms with Crippen LogP contribution in [-0.4, -0.2) is 189 Å². The molecule has 0 radical (unpaired) electrons. The fraction of sp³-hybridized carbons (Fsp3) is 0.461. The van der Waals surface area contributed by atoms with E-state index in [1.54, 1.807) is 16.8 Å². The molecule has 11 rings (SSSR count). The van der Waals surface area contributed by atoms with Gasteiger partial charge < -0.3 is 48.9 Å². The summed E-state index contributed by atoms with van der Waals surface area (Å²) in [5.74, 6) is -1.70. The predicted octanol–water partition coefficient (Wildman–Crippen LogP) is 14.1. The zero-order valence-electron chi connectivity index (χ0n) is 57.6. The van der Waals surface area contributed by atoms with Crippen LogP contribution in [0.25, 0.3) is 11.1 Å². The smallest absolute Gasteiger partial charge is 0.416 e. The largest absolute Gasteiger partial charge is 0.465 e. The Morgan fingerprint density at radius 2 is 1.29 bits per heavy atom. The van der Waals surface area contributed by atoms with Crippen molar-refractivity contribution in [2.45, 2.75) is 113 Å². The number of alkyl halides is 6. The molecule has 6 aromatic rings. The number of rotatable bonds is 25. The molecule has 102 heavy (non-hydrogen) atoms. The molecular formula is C76H90Cl3F7N8O8. The number of likely N-dealkylation sites (tertiary alicyclic amines) is 2. The molecule has 26 heteroatoms. The molecule has 0 bridgehead atoms. The van der Waals surface area contributed by atoms with Gasteiger partial charge in [0.1, 0.15) is 24.8 Å². The summed E-state index contributed by atoms with van der Waals surface area (Å²) in [7, 11) is 5.64. The van der Waals surface area contributed by atoms with Gasteiger partial charge in [-0.05, 0) is 160 Å². The summed E-state index contributed by atoms with van der Waals surface area (Å²) in [5, 5.41) is 10.4. The van der Waals surface area contributed by atoms with E-state index in [0.29, 0.717) is 126 Å². The third-order valence-corrected chi connectivity index (χ3v) is 21.0. The minimum Gasteiger partial charge on any atom is -0.465 e. The average Bonchev–Trinajstić information content (AvgIpc) is 1.59. The Hall–Kier alpha value is -7.51. The van der Waals surface area contributed by atoms with E-state index in [9.17, 15) is 59.8 Å². The molecule has 16 nitrogen and oxygen atoms in total. The van der Waals surface area contributed by atoms with Gasteiger partial charge in [-0.2, -0.15) is 26.3 Å². The molecule has 1 spiro atoms. The standard InChI is InChI=1S/C76H87F7N8O8.3ClH/c1-84(34-13-5-8-21-68(92)86(3)43-44-87-37-29-61(30-38-87)91(72(96)97)66-20-12-10-18-63(66)53-15-6-4-7-16-53)62-26-27-64-54(47-62)28-39-89(71(64)95)36-14-35-85(2)69(93)50-98-67-48-55-17-9-11-19-65(55)73(67)31-40-88(41-32-73)42-33-74(57-22-24-60(77)25-23-57)51-90(52-99-74)70(94)56-45-58(75(78,79)80)49-59(46-56)76(81,82)83;;;/h4,6-7,9-12,15-20,22-27,45-47,49,61,67H,5,8,13-14,21,28-44,48,50-52H2,1-3H3,(H,96,97);3*1H/t67-,74-;;;/m0.../s1. The number of halogens is 10. The van der Waals surface area contributed by atoms with Crippen LogP contribution in [0.1, 0.15) is 118 Å². The number of para-hydroxylation sites is 1. The number of ether oxygens (including phenoxy) is 2. The third kappa shape index (κ3) is 18.7. The number of fused-ring (bicyclic) bond motifs is 3. The summed E-state index contributed by atoms with van der Waals surface area (Å²) in [6.07, 6.45) is -3.60. The summed E-state index contributed by atoms with van der Waals surface area (Å²) in [4.78, 5) is 81.9. The first kappa shape index (κ1) is 80.2. The molecule has 0 unspecified atom stereocenters. The van der Waals surface area contributed by atoms with Gasteiger partial charge in [-0.1, -0.05) is 91.3 Å². The van der Waals surface area contributed by atoms with Crippen LogP contribution in [0.3, 0.4) is 0 Å². The number of hydrogen-bond acceptors (Lipinski definition) is 10. The van der Waals surface area contributed by atoms with Crippen molar-refractivity contribution in [2.24, 2.45) is 0 Å². The molecule has 1 N–H and O–H groups in total. The second-order valence-corrected chi connectivity index (χ2v) is 27.2. The zero-order chi connectivity index (χ0) is 70.2. The summed E-state index contributed by atoms with van der Waals surface area (Å²) in [6, 6.07) is 37.8. The maximum Gasteiger partial charge on any atom is 0.416 e. The van der Waals surface area contributed by atoms with Crippen LogP contribution in [-0.2, 0) is 55.3 Å². The van der Waals surface area contributed by atoms with E-state index in [2.05, 4.69) is 32.9 Å². The monoisotopic (exact) mass is 1480 g/mol. The van der Waals surface area contributed by atoms with Gasteiger partial charge in [-0.3, -0.25) is 24.1 Å². The Balaban J connectivity index is 0.00000440. The Bertz CT molecular complexity index is 3810. The van der Waals surface area contributed by atoms with Crippen molar-refractivity contribution in [1.82, 2.24) is 29.4 Å². The summed E-state index contributed by atoms with van der Waals surface area (Å²) >= 11 is 0. The van der Waals surface area contributed by atoms with Gasteiger partial charge in [0.05, 0.1) is 29.5 Å². The van der Waals surface area contributed by atoms with E-state index in [1.807, 2.05) is 97.9 Å². The highest BCUT2D eigenvalue weighted by atomic mass is 35.5. The molecule has 3 saturated heterocycles. The highest BCUT2D eigenvalue weighted by Gasteiger charge is 2.50. The maximum absolute atomic E-state index is 14.3. The van der Waals surface area contributed by atoms with Crippen molar-refractivity contribution in [1.29, 1.82) is 0 Å². The van der Waals surface area contributed by atoms with Crippen LogP contribution in [0.2, 0.25) is 0 Å². The van der Waals surface area contributed by atoms with E-state index >= 15 is 0 Å². The number of amides is 5. The third-order valence-electron chi connectivity index (χ3n) is 21.0. The summed E-state index contributed by atoms with van der Waals surface area (Å²) in [6.45, 7) is 5.95. The van der Waals surface area contributed by atoms with Crippen molar-refractivity contribution >= 4 is 78.3 Å². The van der Waals surface area contributed by atoms with Crippen molar-refractivity contribution in [3.05, 3.63) is 190 Å². The zero-order valence-corrected chi connectivity index (χ0v) is 60.0. The summed E-state index contributed by atoms with van der Waals surface area (Å²) < 4.78 is 110. The van der Waals surface area contributed by atoms with Crippen LogP contribution in [0.4, 0.5) is 46.9 Å². The first-order valence-electron chi connectivity index (χ1n) is 34.3. The topological polar surface area (TPSA) is 150 Å². The number of carboxylic acid groups (broad SMARTS) is 1. The lowest BCUT2D eigenvalue weighted by atomic mass is 9.72. The van der Waals surface area contributed by atoms with E-state index in [4.69, 9.17) is 9.47 Å². The number of carbonyl (C=O) groups is 5. The van der Waals surface area contributed by atoms with Gasteiger partial charge in [0.15, 0.2) is 0 Å². The van der Waals surface area contributed by atoms with E-state index in [1.165, 1.54) is 34.7 Å². The number of anilines is 2. The lowest BCUT2D eigenvalue weighted by Crippen LogP contribution is -2.50.